The summed E-state index contributed by atoms with van der Waals surface area (Å²) in [7, 11) is 3.99. The van der Waals surface area contributed by atoms with Gasteiger partial charge >= 0.3 is 0 Å². The molecular weight excluding hydrogens is 462 g/mol. The Balaban J connectivity index is 1.40. The van der Waals surface area contributed by atoms with Crippen LogP contribution in [0.2, 0.25) is 0 Å². The summed E-state index contributed by atoms with van der Waals surface area (Å²) in [5.74, 6) is -0.991. The van der Waals surface area contributed by atoms with Gasteiger partial charge in [-0.25, -0.2) is 8.78 Å². The average Bonchev–Trinajstić information content (AvgIpc) is 2.89. The Morgan fingerprint density at radius 3 is 2.25 bits per heavy atom. The molecule has 1 atom stereocenters. The minimum atomic E-state index is -0.497. The van der Waals surface area contributed by atoms with Crippen molar-refractivity contribution in [2.45, 2.75) is 6.04 Å². The Labute approximate surface area is 211 Å². The fourth-order valence-corrected chi connectivity index (χ4v) is 4.36. The Bertz CT molecular complexity index is 1130. The molecule has 3 aromatic carbocycles. The van der Waals surface area contributed by atoms with Gasteiger partial charge in [0.25, 0.3) is 5.91 Å². The Morgan fingerprint density at radius 2 is 1.61 bits per heavy atom. The van der Waals surface area contributed by atoms with E-state index in [0.717, 1.165) is 43.1 Å². The van der Waals surface area contributed by atoms with Crippen LogP contribution in [0.4, 0.5) is 20.2 Å². The molecule has 0 radical (unpaired) electrons. The highest BCUT2D eigenvalue weighted by atomic mass is 19.1. The highest BCUT2D eigenvalue weighted by Gasteiger charge is 2.26. The van der Waals surface area contributed by atoms with Crippen LogP contribution < -0.4 is 19.9 Å². The molecule has 8 heteroatoms. The van der Waals surface area contributed by atoms with Crippen LogP contribution in [0, 0.1) is 11.6 Å². The van der Waals surface area contributed by atoms with Gasteiger partial charge in [-0.2, -0.15) is 0 Å². The van der Waals surface area contributed by atoms with Gasteiger partial charge < -0.3 is 19.9 Å². The van der Waals surface area contributed by atoms with Gasteiger partial charge in [0.15, 0.2) is 18.2 Å². The first-order valence-corrected chi connectivity index (χ1v) is 12.1. The zero-order chi connectivity index (χ0) is 25.5. The quantitative estimate of drug-likeness (QED) is 0.486. The third-order valence-corrected chi connectivity index (χ3v) is 6.43. The molecule has 0 unspecified atom stereocenters. The Kier molecular flexibility index (Phi) is 8.38. The van der Waals surface area contributed by atoms with E-state index in [1.165, 1.54) is 24.3 Å². The van der Waals surface area contributed by atoms with Crippen molar-refractivity contribution in [3.05, 3.63) is 90.0 Å². The molecule has 1 N–H and O–H groups in total. The molecule has 1 heterocycles. The molecule has 36 heavy (non-hydrogen) atoms. The highest BCUT2D eigenvalue weighted by molar-refractivity contribution is 5.77. The number of anilines is 2. The van der Waals surface area contributed by atoms with Crippen molar-refractivity contribution in [3.63, 3.8) is 0 Å². The van der Waals surface area contributed by atoms with Gasteiger partial charge in [0.1, 0.15) is 5.82 Å². The van der Waals surface area contributed by atoms with Gasteiger partial charge in [-0.05, 0) is 54.1 Å². The summed E-state index contributed by atoms with van der Waals surface area (Å²) in [5.41, 5.74) is 3.20. The van der Waals surface area contributed by atoms with Gasteiger partial charge in [-0.15, -0.1) is 0 Å². The average molecular weight is 495 g/mol. The second-order valence-electron chi connectivity index (χ2n) is 9.02. The number of piperazine rings is 1. The first-order chi connectivity index (χ1) is 17.4. The summed E-state index contributed by atoms with van der Waals surface area (Å²) in [6.45, 7) is 3.31. The van der Waals surface area contributed by atoms with Crippen molar-refractivity contribution in [3.8, 4) is 5.75 Å². The molecule has 6 nitrogen and oxygen atoms in total. The molecule has 1 fully saturated rings. The Morgan fingerprint density at radius 1 is 0.944 bits per heavy atom. The number of hydrogen-bond donors (Lipinski definition) is 1. The van der Waals surface area contributed by atoms with E-state index in [4.69, 9.17) is 4.74 Å². The number of nitrogens with one attached hydrogen (secondary N) is 1. The molecule has 0 aromatic heterocycles. The lowest BCUT2D eigenvalue weighted by molar-refractivity contribution is -0.123. The predicted molar refractivity (Wildman–Crippen MR) is 139 cm³/mol. The lowest BCUT2D eigenvalue weighted by Crippen LogP contribution is -2.50. The van der Waals surface area contributed by atoms with E-state index in [-0.39, 0.29) is 30.1 Å². The molecule has 0 aliphatic carbocycles. The lowest BCUT2D eigenvalue weighted by atomic mass is 10.0. The molecule has 1 aliphatic rings. The van der Waals surface area contributed by atoms with E-state index in [1.54, 1.807) is 24.3 Å². The van der Waals surface area contributed by atoms with E-state index >= 15 is 0 Å². The number of benzene rings is 3. The van der Waals surface area contributed by atoms with Crippen LogP contribution in [0.15, 0.2) is 72.8 Å². The molecule has 1 aliphatic heterocycles. The van der Waals surface area contributed by atoms with Gasteiger partial charge in [0.2, 0.25) is 0 Å². The fourth-order valence-electron chi connectivity index (χ4n) is 4.36. The minimum absolute atomic E-state index is 0.0333. The van der Waals surface area contributed by atoms with E-state index in [1.807, 2.05) is 19.0 Å². The van der Waals surface area contributed by atoms with E-state index in [0.29, 0.717) is 6.54 Å². The van der Waals surface area contributed by atoms with E-state index in [2.05, 4.69) is 39.4 Å². The number of hydrogen-bond acceptors (Lipinski definition) is 5. The molecule has 0 spiro atoms. The second-order valence-corrected chi connectivity index (χ2v) is 9.02. The number of ether oxygens (including phenoxy) is 1. The van der Waals surface area contributed by atoms with Crippen molar-refractivity contribution in [2.24, 2.45) is 0 Å². The van der Waals surface area contributed by atoms with Gasteiger partial charge in [-0.1, -0.05) is 24.3 Å². The van der Waals surface area contributed by atoms with Crippen LogP contribution in [0.1, 0.15) is 11.6 Å². The predicted octanol–water partition coefficient (Wildman–Crippen LogP) is 4.09. The number of para-hydroxylation sites is 1. The van der Waals surface area contributed by atoms with Gasteiger partial charge in [-0.3, -0.25) is 9.69 Å². The maximum atomic E-state index is 13.8. The van der Waals surface area contributed by atoms with Crippen LogP contribution in [0.5, 0.6) is 5.75 Å². The van der Waals surface area contributed by atoms with Gasteiger partial charge in [0.05, 0.1) is 6.04 Å². The molecular formula is C28H32F2N4O2. The second kappa shape index (κ2) is 11.9. The summed E-state index contributed by atoms with van der Waals surface area (Å²) < 4.78 is 32.5. The minimum Gasteiger partial charge on any atom is -0.481 e. The van der Waals surface area contributed by atoms with Crippen LogP contribution in [0.3, 0.4) is 0 Å². The monoisotopic (exact) mass is 494 g/mol. The van der Waals surface area contributed by atoms with E-state index < -0.39 is 5.82 Å². The zero-order valence-electron chi connectivity index (χ0n) is 20.7. The molecule has 4 rings (SSSR count). The standard InChI is InChI=1S/C28H32F2N4O2/c1-32(2)23-11-7-21(8-12-23)26(19-31-28(35)20-36-27-6-4-3-5-25(27)30)34-17-15-33(16-18-34)24-13-9-22(29)10-14-24/h3-14,26H,15-20H2,1-2H3,(H,31,35)/t26-/m0/s1. The van der Waals surface area contributed by atoms with Crippen LogP contribution in [0.25, 0.3) is 0 Å². The molecule has 1 saturated heterocycles. The molecule has 0 bridgehead atoms. The SMILES string of the molecule is CN(C)c1ccc([C@H](CNC(=O)COc2ccccc2F)N2CCN(c3ccc(F)cc3)CC2)cc1. The molecule has 0 saturated carbocycles. The van der Waals surface area contributed by atoms with Crippen LogP contribution >= 0.6 is 0 Å². The third-order valence-electron chi connectivity index (χ3n) is 6.43. The first-order valence-electron chi connectivity index (χ1n) is 12.1. The zero-order valence-corrected chi connectivity index (χ0v) is 20.7. The maximum Gasteiger partial charge on any atom is 0.258 e. The third kappa shape index (κ3) is 6.51. The van der Waals surface area contributed by atoms with Gasteiger partial charge in [0, 0.05) is 58.2 Å². The van der Waals surface area contributed by atoms with Crippen molar-refractivity contribution in [1.82, 2.24) is 10.2 Å². The number of amides is 1. The van der Waals surface area contributed by atoms with Crippen LogP contribution in [-0.4, -0.2) is 64.2 Å². The maximum absolute atomic E-state index is 13.8. The molecule has 190 valence electrons. The number of carbonyl (C=O) groups excluding carboxylic acids is 1. The molecule has 3 aromatic rings. The summed E-state index contributed by atoms with van der Waals surface area (Å²) in [6.07, 6.45) is 0. The van der Waals surface area contributed by atoms with Crippen molar-refractivity contribution in [1.29, 1.82) is 0 Å². The summed E-state index contributed by atoms with van der Waals surface area (Å²) in [6, 6.07) is 20.9. The number of carbonyl (C=O) groups is 1. The van der Waals surface area contributed by atoms with Crippen molar-refractivity contribution in [2.75, 3.05) is 63.2 Å². The Hall–Kier alpha value is -3.65. The first kappa shape index (κ1) is 25.4. The number of rotatable bonds is 9. The number of halogens is 2. The van der Waals surface area contributed by atoms with Crippen molar-refractivity contribution >= 4 is 17.3 Å². The number of nitrogens with zero attached hydrogens (tertiary/aromatic N) is 3. The fraction of sp³-hybridized carbons (Fsp3) is 0.321. The summed E-state index contributed by atoms with van der Waals surface area (Å²) in [5, 5.41) is 2.96. The lowest BCUT2D eigenvalue weighted by Gasteiger charge is -2.40. The van der Waals surface area contributed by atoms with Crippen LogP contribution in [-0.2, 0) is 4.79 Å². The normalized spacial score (nSPS) is 14.8. The topological polar surface area (TPSA) is 48.1 Å². The molecule has 1 amide bonds. The largest absolute Gasteiger partial charge is 0.481 e. The van der Waals surface area contributed by atoms with Crippen molar-refractivity contribution < 1.29 is 18.3 Å². The summed E-state index contributed by atoms with van der Waals surface area (Å²) >= 11 is 0. The highest BCUT2D eigenvalue weighted by Crippen LogP contribution is 2.26. The smallest absolute Gasteiger partial charge is 0.258 e. The van der Waals surface area contributed by atoms with E-state index in [9.17, 15) is 13.6 Å². The summed E-state index contributed by atoms with van der Waals surface area (Å²) in [4.78, 5) is 19.2.